The molecule has 148 valence electrons. The van der Waals surface area contributed by atoms with E-state index in [1.54, 1.807) is 0 Å². The standard InChI is InChI=1S/C18H18FN3O5S/c1-27-18(24)15-6-7-20-12-16(15)28(25,26)22-10-8-21(9-11-22)17(23)13-2-4-14(19)5-3-13/h2-7,12H,8-11H2,1H3. The summed E-state index contributed by atoms with van der Waals surface area (Å²) in [5.41, 5.74) is 0.236. The van der Waals surface area contributed by atoms with Gasteiger partial charge in [0.05, 0.1) is 12.7 Å². The molecule has 2 heterocycles. The third kappa shape index (κ3) is 3.87. The zero-order valence-corrected chi connectivity index (χ0v) is 15.9. The van der Waals surface area contributed by atoms with Gasteiger partial charge in [-0.05, 0) is 30.3 Å². The van der Waals surface area contributed by atoms with Crippen LogP contribution >= 0.6 is 0 Å². The van der Waals surface area contributed by atoms with Crippen LogP contribution in [0.5, 0.6) is 0 Å². The van der Waals surface area contributed by atoms with Crippen molar-refractivity contribution in [1.82, 2.24) is 14.2 Å². The minimum atomic E-state index is -3.98. The molecule has 10 heteroatoms. The van der Waals surface area contributed by atoms with E-state index >= 15 is 0 Å². The maximum atomic E-state index is 13.0. The molecule has 0 radical (unpaired) electrons. The number of pyridine rings is 1. The largest absolute Gasteiger partial charge is 0.465 e. The van der Waals surface area contributed by atoms with Crippen LogP contribution in [0.25, 0.3) is 0 Å². The summed E-state index contributed by atoms with van der Waals surface area (Å²) in [7, 11) is -2.82. The molecule has 0 N–H and O–H groups in total. The van der Waals surface area contributed by atoms with E-state index in [-0.39, 0.29) is 42.5 Å². The quantitative estimate of drug-likeness (QED) is 0.706. The number of nitrogens with zero attached hydrogens (tertiary/aromatic N) is 3. The van der Waals surface area contributed by atoms with Gasteiger partial charge in [0.25, 0.3) is 5.91 Å². The molecule has 1 aliphatic rings. The van der Waals surface area contributed by atoms with Gasteiger partial charge in [0.15, 0.2) is 0 Å². The van der Waals surface area contributed by atoms with Gasteiger partial charge in [0, 0.05) is 44.1 Å². The number of halogens is 1. The smallest absolute Gasteiger partial charge is 0.339 e. The summed E-state index contributed by atoms with van der Waals surface area (Å²) in [5.74, 6) is -1.51. The van der Waals surface area contributed by atoms with Gasteiger partial charge in [-0.15, -0.1) is 0 Å². The molecule has 1 aliphatic heterocycles. The number of sulfonamides is 1. The van der Waals surface area contributed by atoms with E-state index < -0.39 is 21.8 Å². The van der Waals surface area contributed by atoms with E-state index in [0.29, 0.717) is 5.56 Å². The molecule has 1 amide bonds. The first-order chi connectivity index (χ1) is 13.3. The molecule has 0 saturated carbocycles. The molecular weight excluding hydrogens is 389 g/mol. The molecule has 1 aromatic carbocycles. The Balaban J connectivity index is 1.75. The number of rotatable bonds is 4. The van der Waals surface area contributed by atoms with Gasteiger partial charge in [-0.25, -0.2) is 17.6 Å². The third-order valence-corrected chi connectivity index (χ3v) is 6.35. The van der Waals surface area contributed by atoms with E-state index in [4.69, 9.17) is 0 Å². The molecule has 0 bridgehead atoms. The van der Waals surface area contributed by atoms with Gasteiger partial charge in [0.2, 0.25) is 10.0 Å². The molecule has 0 aliphatic carbocycles. The summed E-state index contributed by atoms with van der Waals surface area (Å²) in [4.78, 5) is 29.4. The number of aromatic nitrogens is 1. The summed E-state index contributed by atoms with van der Waals surface area (Å²) < 4.78 is 44.7. The molecule has 8 nitrogen and oxygen atoms in total. The zero-order chi connectivity index (χ0) is 20.3. The monoisotopic (exact) mass is 407 g/mol. The second-order valence-electron chi connectivity index (χ2n) is 6.07. The molecule has 0 unspecified atom stereocenters. The number of ether oxygens (including phenoxy) is 1. The Morgan fingerprint density at radius 3 is 2.32 bits per heavy atom. The highest BCUT2D eigenvalue weighted by Gasteiger charge is 2.33. The van der Waals surface area contributed by atoms with E-state index in [9.17, 15) is 22.4 Å². The topological polar surface area (TPSA) is 96.9 Å². The predicted molar refractivity (Wildman–Crippen MR) is 96.6 cm³/mol. The average molecular weight is 407 g/mol. The Kier molecular flexibility index (Phi) is 5.71. The van der Waals surface area contributed by atoms with Crippen molar-refractivity contribution in [3.05, 3.63) is 59.7 Å². The lowest BCUT2D eigenvalue weighted by atomic mass is 10.2. The summed E-state index contributed by atoms with van der Waals surface area (Å²) in [6, 6.07) is 6.46. The molecule has 3 rings (SSSR count). The molecule has 2 aromatic rings. The lowest BCUT2D eigenvalue weighted by Gasteiger charge is -2.34. The van der Waals surface area contributed by atoms with Crippen LogP contribution in [0.1, 0.15) is 20.7 Å². The maximum absolute atomic E-state index is 13.0. The van der Waals surface area contributed by atoms with E-state index in [2.05, 4.69) is 9.72 Å². The van der Waals surface area contributed by atoms with Crippen molar-refractivity contribution in [3.63, 3.8) is 0 Å². The first kappa shape index (κ1) is 19.9. The Bertz CT molecular complexity index is 987. The predicted octanol–water partition coefficient (Wildman–Crippen LogP) is 1.15. The van der Waals surface area contributed by atoms with E-state index in [1.165, 1.54) is 52.8 Å². The second-order valence-corrected chi connectivity index (χ2v) is 7.97. The molecular formula is C18H18FN3O5S. The number of amides is 1. The van der Waals surface area contributed by atoms with Gasteiger partial charge in [-0.3, -0.25) is 9.78 Å². The number of carbonyl (C=O) groups is 2. The van der Waals surface area contributed by atoms with Gasteiger partial charge < -0.3 is 9.64 Å². The zero-order valence-electron chi connectivity index (χ0n) is 15.0. The van der Waals surface area contributed by atoms with Crippen LogP contribution in [0.15, 0.2) is 47.6 Å². The van der Waals surface area contributed by atoms with Crippen LogP contribution in [0.2, 0.25) is 0 Å². The highest BCUT2D eigenvalue weighted by atomic mass is 32.2. The second kappa shape index (κ2) is 8.03. The fraction of sp³-hybridized carbons (Fsp3) is 0.278. The molecule has 28 heavy (non-hydrogen) atoms. The van der Waals surface area contributed by atoms with Crippen LogP contribution in [-0.4, -0.2) is 67.8 Å². The SMILES string of the molecule is COC(=O)c1ccncc1S(=O)(=O)N1CCN(C(=O)c2ccc(F)cc2)CC1. The lowest BCUT2D eigenvalue weighted by molar-refractivity contribution is 0.0595. The Hall–Kier alpha value is -2.85. The number of piperazine rings is 1. The van der Waals surface area contributed by atoms with Crippen molar-refractivity contribution in [2.75, 3.05) is 33.3 Å². The molecule has 1 fully saturated rings. The van der Waals surface area contributed by atoms with Crippen molar-refractivity contribution in [2.45, 2.75) is 4.90 Å². The first-order valence-corrected chi connectivity index (χ1v) is 9.86. The van der Waals surface area contributed by atoms with Crippen molar-refractivity contribution < 1.29 is 27.1 Å². The maximum Gasteiger partial charge on any atom is 0.339 e. The minimum absolute atomic E-state index is 0.0603. The van der Waals surface area contributed by atoms with Crippen molar-refractivity contribution in [3.8, 4) is 0 Å². The average Bonchev–Trinajstić information content (AvgIpc) is 2.73. The molecule has 1 saturated heterocycles. The first-order valence-electron chi connectivity index (χ1n) is 8.42. The van der Waals surface area contributed by atoms with E-state index in [0.717, 1.165) is 6.20 Å². The normalized spacial score (nSPS) is 15.3. The Morgan fingerprint density at radius 1 is 1.07 bits per heavy atom. The summed E-state index contributed by atoms with van der Waals surface area (Å²) in [5, 5.41) is 0. The van der Waals surface area contributed by atoms with Gasteiger partial charge >= 0.3 is 5.97 Å². The number of hydrogen-bond donors (Lipinski definition) is 0. The number of hydrogen-bond acceptors (Lipinski definition) is 6. The number of methoxy groups -OCH3 is 1. The van der Waals surface area contributed by atoms with Crippen molar-refractivity contribution in [1.29, 1.82) is 0 Å². The Labute approximate surface area is 161 Å². The highest BCUT2D eigenvalue weighted by Crippen LogP contribution is 2.22. The molecule has 0 atom stereocenters. The summed E-state index contributed by atoms with van der Waals surface area (Å²) >= 11 is 0. The van der Waals surface area contributed by atoms with Crippen LogP contribution in [0.3, 0.4) is 0 Å². The fourth-order valence-electron chi connectivity index (χ4n) is 2.91. The van der Waals surface area contributed by atoms with Crippen molar-refractivity contribution in [2.24, 2.45) is 0 Å². The highest BCUT2D eigenvalue weighted by molar-refractivity contribution is 7.89. The number of benzene rings is 1. The molecule has 0 spiro atoms. The van der Waals surface area contributed by atoms with Gasteiger partial charge in [-0.1, -0.05) is 0 Å². The van der Waals surface area contributed by atoms with Gasteiger partial charge in [-0.2, -0.15) is 4.31 Å². The number of esters is 1. The Morgan fingerprint density at radius 2 is 1.71 bits per heavy atom. The van der Waals surface area contributed by atoms with Crippen LogP contribution < -0.4 is 0 Å². The molecule has 1 aromatic heterocycles. The van der Waals surface area contributed by atoms with E-state index in [1.807, 2.05) is 0 Å². The van der Waals surface area contributed by atoms with Crippen LogP contribution in [0, 0.1) is 5.82 Å². The summed E-state index contributed by atoms with van der Waals surface area (Å²) in [6.45, 7) is 0.460. The fourth-order valence-corrected chi connectivity index (χ4v) is 4.46. The minimum Gasteiger partial charge on any atom is -0.465 e. The van der Waals surface area contributed by atoms with Gasteiger partial charge in [0.1, 0.15) is 10.7 Å². The lowest BCUT2D eigenvalue weighted by Crippen LogP contribution is -2.50. The van der Waals surface area contributed by atoms with Crippen molar-refractivity contribution >= 4 is 21.9 Å². The summed E-state index contributed by atoms with van der Waals surface area (Å²) in [6.07, 6.45) is 2.42. The van der Waals surface area contributed by atoms with Crippen LogP contribution in [-0.2, 0) is 14.8 Å². The number of carbonyl (C=O) groups excluding carboxylic acids is 2. The third-order valence-electron chi connectivity index (χ3n) is 4.42. The van der Waals surface area contributed by atoms with Crippen LogP contribution in [0.4, 0.5) is 4.39 Å².